The number of benzene rings is 1. The van der Waals surface area contributed by atoms with Crippen LogP contribution < -0.4 is 5.01 Å². The molecule has 2 aliphatic rings. The van der Waals surface area contributed by atoms with Crippen molar-refractivity contribution in [2.75, 3.05) is 44.4 Å². The summed E-state index contributed by atoms with van der Waals surface area (Å²) in [6.07, 6.45) is -3.68. The molecule has 1 fully saturated rings. The maximum Gasteiger partial charge on any atom is 0.432 e. The van der Waals surface area contributed by atoms with Crippen LogP contribution in [0.2, 0.25) is 0 Å². The van der Waals surface area contributed by atoms with Gasteiger partial charge in [-0.1, -0.05) is 23.5 Å². The highest BCUT2D eigenvalue weighted by atomic mass is 32.1. The molecule has 154 valence electrons. The Morgan fingerprint density at radius 2 is 2.03 bits per heavy atom. The number of aliphatic imine (C=N–C) groups is 1. The van der Waals surface area contributed by atoms with Gasteiger partial charge in [0.25, 0.3) is 5.91 Å². The van der Waals surface area contributed by atoms with Crippen LogP contribution in [0.5, 0.6) is 0 Å². The molecule has 7 nitrogen and oxygen atoms in total. The lowest BCUT2D eigenvalue weighted by Gasteiger charge is -2.25. The van der Waals surface area contributed by atoms with Gasteiger partial charge in [0.05, 0.1) is 30.0 Å². The SMILES string of the molecule is O=C1C(C=NCCN2CCOCC2)C(C(F)(F)F)=NN1c1nc2ccccc2s1. The minimum atomic E-state index is -4.73. The monoisotopic (exact) mass is 425 g/mol. The van der Waals surface area contributed by atoms with Gasteiger partial charge in [-0.05, 0) is 12.1 Å². The zero-order valence-electron chi connectivity index (χ0n) is 15.3. The van der Waals surface area contributed by atoms with Crippen molar-refractivity contribution < 1.29 is 22.7 Å². The van der Waals surface area contributed by atoms with Gasteiger partial charge in [0.1, 0.15) is 5.92 Å². The zero-order chi connectivity index (χ0) is 20.4. The molecule has 4 rings (SSSR count). The average molecular weight is 425 g/mol. The van der Waals surface area contributed by atoms with E-state index in [4.69, 9.17) is 4.74 Å². The Morgan fingerprint density at radius 3 is 2.76 bits per heavy atom. The Labute approximate surface area is 168 Å². The van der Waals surface area contributed by atoms with E-state index in [9.17, 15) is 18.0 Å². The van der Waals surface area contributed by atoms with Gasteiger partial charge in [0, 0.05) is 25.8 Å². The number of fused-ring (bicyclic) bond motifs is 1. The van der Waals surface area contributed by atoms with Gasteiger partial charge in [0.15, 0.2) is 5.71 Å². The van der Waals surface area contributed by atoms with Crippen LogP contribution in [0.15, 0.2) is 34.4 Å². The molecule has 2 aliphatic heterocycles. The molecule has 29 heavy (non-hydrogen) atoms. The molecule has 1 aromatic carbocycles. The van der Waals surface area contributed by atoms with Crippen LogP contribution in [0.4, 0.5) is 18.3 Å². The Balaban J connectivity index is 1.51. The molecule has 0 saturated carbocycles. The highest BCUT2D eigenvalue weighted by Gasteiger charge is 2.50. The Kier molecular flexibility index (Phi) is 5.61. The molecule has 3 heterocycles. The summed E-state index contributed by atoms with van der Waals surface area (Å²) < 4.78 is 46.4. The number of morpholine rings is 1. The molecular formula is C18H18F3N5O2S. The Bertz CT molecular complexity index is 919. The van der Waals surface area contributed by atoms with Gasteiger partial charge in [-0.15, -0.1) is 0 Å². The van der Waals surface area contributed by atoms with Crippen molar-refractivity contribution in [1.29, 1.82) is 0 Å². The maximum atomic E-state index is 13.5. The number of carbonyl (C=O) groups excluding carboxylic acids is 1. The van der Waals surface area contributed by atoms with E-state index in [1.54, 1.807) is 24.3 Å². The number of aromatic nitrogens is 1. The number of hydrazone groups is 1. The minimum absolute atomic E-state index is 0.113. The lowest BCUT2D eigenvalue weighted by molar-refractivity contribution is -0.119. The minimum Gasteiger partial charge on any atom is -0.379 e. The first-order chi connectivity index (χ1) is 13.9. The second kappa shape index (κ2) is 8.17. The number of carbonyl (C=O) groups is 1. The van der Waals surface area contributed by atoms with Crippen LogP contribution in [0.25, 0.3) is 10.2 Å². The number of halogens is 3. The van der Waals surface area contributed by atoms with E-state index in [0.29, 0.717) is 31.8 Å². The fourth-order valence-corrected chi connectivity index (χ4v) is 4.05. The number of hydrogen-bond acceptors (Lipinski definition) is 7. The van der Waals surface area contributed by atoms with Crippen LogP contribution in [0.1, 0.15) is 0 Å². The molecule has 1 atom stereocenters. The predicted octanol–water partition coefficient (Wildman–Crippen LogP) is 2.58. The summed E-state index contributed by atoms with van der Waals surface area (Å²) in [6, 6.07) is 7.08. The summed E-state index contributed by atoms with van der Waals surface area (Å²) in [6.45, 7) is 3.69. The number of para-hydroxylation sites is 1. The van der Waals surface area contributed by atoms with Crippen molar-refractivity contribution in [3.05, 3.63) is 24.3 Å². The van der Waals surface area contributed by atoms with E-state index in [2.05, 4.69) is 20.0 Å². The number of nitrogens with zero attached hydrogens (tertiary/aromatic N) is 5. The summed E-state index contributed by atoms with van der Waals surface area (Å²) in [7, 11) is 0. The predicted molar refractivity (Wildman–Crippen MR) is 105 cm³/mol. The summed E-state index contributed by atoms with van der Waals surface area (Å²) in [4.78, 5) is 23.1. The first-order valence-corrected chi connectivity index (χ1v) is 9.90. The van der Waals surface area contributed by atoms with Crippen molar-refractivity contribution in [2.24, 2.45) is 16.0 Å². The van der Waals surface area contributed by atoms with Gasteiger partial charge >= 0.3 is 6.18 Å². The van der Waals surface area contributed by atoms with Crippen molar-refractivity contribution in [1.82, 2.24) is 9.88 Å². The molecule has 1 amide bonds. The van der Waals surface area contributed by atoms with Crippen LogP contribution in [0.3, 0.4) is 0 Å². The second-order valence-corrected chi connectivity index (χ2v) is 7.59. The van der Waals surface area contributed by atoms with Crippen LogP contribution in [-0.4, -0.2) is 73.3 Å². The number of amides is 1. The Hall–Kier alpha value is -2.37. The number of ether oxygens (including phenoxy) is 1. The lowest BCUT2D eigenvalue weighted by Crippen LogP contribution is -2.38. The topological polar surface area (TPSA) is 70.4 Å². The number of rotatable bonds is 5. The quantitative estimate of drug-likeness (QED) is 0.691. The van der Waals surface area contributed by atoms with E-state index in [-0.39, 0.29) is 5.13 Å². The van der Waals surface area contributed by atoms with E-state index in [1.807, 2.05) is 0 Å². The highest BCUT2D eigenvalue weighted by Crippen LogP contribution is 2.35. The summed E-state index contributed by atoms with van der Waals surface area (Å²) >= 11 is 1.12. The smallest absolute Gasteiger partial charge is 0.379 e. The molecule has 0 bridgehead atoms. The fourth-order valence-electron chi connectivity index (χ4n) is 3.13. The Morgan fingerprint density at radius 1 is 1.28 bits per heavy atom. The van der Waals surface area contributed by atoms with Gasteiger partial charge in [-0.2, -0.15) is 23.3 Å². The average Bonchev–Trinajstić information content (AvgIpc) is 3.27. The number of thiazole rings is 1. The molecular weight excluding hydrogens is 407 g/mol. The highest BCUT2D eigenvalue weighted by molar-refractivity contribution is 7.22. The van der Waals surface area contributed by atoms with Gasteiger partial charge < -0.3 is 4.74 Å². The third-order valence-electron chi connectivity index (χ3n) is 4.63. The van der Waals surface area contributed by atoms with Crippen LogP contribution in [0, 0.1) is 5.92 Å². The fraction of sp³-hybridized carbons (Fsp3) is 0.444. The van der Waals surface area contributed by atoms with Crippen molar-refractivity contribution in [3.63, 3.8) is 0 Å². The molecule has 1 saturated heterocycles. The molecule has 1 aromatic heterocycles. The first-order valence-electron chi connectivity index (χ1n) is 9.09. The molecule has 0 radical (unpaired) electrons. The first kappa shape index (κ1) is 19.9. The normalized spacial score (nSPS) is 21.5. The molecule has 0 N–H and O–H groups in total. The van der Waals surface area contributed by atoms with Gasteiger partial charge in [0.2, 0.25) is 5.13 Å². The molecule has 11 heteroatoms. The summed E-state index contributed by atoms with van der Waals surface area (Å²) in [5, 5.41) is 4.42. The number of alkyl halides is 3. The largest absolute Gasteiger partial charge is 0.432 e. The van der Waals surface area contributed by atoms with E-state index < -0.39 is 23.7 Å². The lowest BCUT2D eigenvalue weighted by atomic mass is 10.0. The van der Waals surface area contributed by atoms with Gasteiger partial charge in [-0.25, -0.2) is 4.98 Å². The third-order valence-corrected chi connectivity index (χ3v) is 5.65. The molecule has 2 aromatic rings. The van der Waals surface area contributed by atoms with Crippen molar-refractivity contribution in [2.45, 2.75) is 6.18 Å². The zero-order valence-corrected chi connectivity index (χ0v) is 16.1. The molecule has 0 spiro atoms. The van der Waals surface area contributed by atoms with E-state index >= 15 is 0 Å². The maximum absolute atomic E-state index is 13.5. The molecule has 0 aliphatic carbocycles. The van der Waals surface area contributed by atoms with E-state index in [0.717, 1.165) is 40.3 Å². The van der Waals surface area contributed by atoms with Crippen molar-refractivity contribution in [3.8, 4) is 0 Å². The standard InChI is InChI=1S/C18H18F3N5O2S/c19-18(20,21)15-12(11-22-5-6-25-7-9-28-10-8-25)16(27)26(24-15)17-23-13-3-1-2-4-14(13)29-17/h1-4,11-12H,5-10H2. The van der Waals surface area contributed by atoms with Crippen molar-refractivity contribution >= 4 is 44.5 Å². The summed E-state index contributed by atoms with van der Waals surface area (Å²) in [5.74, 6) is -2.36. The van der Waals surface area contributed by atoms with E-state index in [1.165, 1.54) is 0 Å². The van der Waals surface area contributed by atoms with Crippen LogP contribution >= 0.6 is 11.3 Å². The van der Waals surface area contributed by atoms with Crippen LogP contribution in [-0.2, 0) is 9.53 Å². The number of anilines is 1. The molecule has 1 unspecified atom stereocenters. The summed E-state index contributed by atoms with van der Waals surface area (Å²) in [5.41, 5.74) is -0.566. The third kappa shape index (κ3) is 4.31. The van der Waals surface area contributed by atoms with Gasteiger partial charge in [-0.3, -0.25) is 14.7 Å². The second-order valence-electron chi connectivity index (χ2n) is 6.58. The number of hydrogen-bond donors (Lipinski definition) is 0.